The number of carbonyl (C=O) groups is 2. The van der Waals surface area contributed by atoms with Crippen molar-refractivity contribution in [1.29, 1.82) is 0 Å². The van der Waals surface area contributed by atoms with Crippen LogP contribution in [0.25, 0.3) is 0 Å². The van der Waals surface area contributed by atoms with Gasteiger partial charge in [0.1, 0.15) is 17.2 Å². The highest BCUT2D eigenvalue weighted by molar-refractivity contribution is 7.99. The number of likely N-dealkylation sites (N-methyl/N-ethyl adjacent to an activating group) is 1. The van der Waals surface area contributed by atoms with Crippen molar-refractivity contribution in [2.45, 2.75) is 17.6 Å². The monoisotopic (exact) mass is 400 g/mol. The SMILES string of the molecule is CCN(CC(=O)Nc1ccccc1OC)C(=O)c1sccc1SC(F)F. The normalized spacial score (nSPS) is 10.7. The third kappa shape index (κ3) is 5.18. The summed E-state index contributed by atoms with van der Waals surface area (Å²) in [6.45, 7) is 1.81. The first-order valence-corrected chi connectivity index (χ1v) is 9.46. The molecule has 0 saturated heterocycles. The number of rotatable bonds is 8. The van der Waals surface area contributed by atoms with Crippen LogP contribution in [0.1, 0.15) is 16.6 Å². The van der Waals surface area contributed by atoms with E-state index < -0.39 is 17.6 Å². The number of nitrogens with zero attached hydrogens (tertiary/aromatic N) is 1. The minimum atomic E-state index is -2.61. The van der Waals surface area contributed by atoms with Crippen LogP contribution in [0.4, 0.5) is 14.5 Å². The van der Waals surface area contributed by atoms with E-state index in [1.807, 2.05) is 0 Å². The molecule has 0 aliphatic carbocycles. The lowest BCUT2D eigenvalue weighted by Crippen LogP contribution is -2.37. The number of benzene rings is 1. The fourth-order valence-corrected chi connectivity index (χ4v) is 3.89. The highest BCUT2D eigenvalue weighted by Gasteiger charge is 2.23. The lowest BCUT2D eigenvalue weighted by molar-refractivity contribution is -0.116. The van der Waals surface area contributed by atoms with E-state index in [2.05, 4.69) is 5.32 Å². The van der Waals surface area contributed by atoms with E-state index in [1.165, 1.54) is 18.1 Å². The van der Waals surface area contributed by atoms with Gasteiger partial charge in [-0.3, -0.25) is 9.59 Å². The maximum atomic E-state index is 12.6. The first kappa shape index (κ1) is 20.2. The van der Waals surface area contributed by atoms with Crippen LogP contribution in [0, 0.1) is 0 Å². The van der Waals surface area contributed by atoms with E-state index >= 15 is 0 Å². The number of thiophene rings is 1. The molecule has 1 heterocycles. The Hall–Kier alpha value is -2.13. The number of halogens is 2. The average molecular weight is 400 g/mol. The Balaban J connectivity index is 2.07. The van der Waals surface area contributed by atoms with Crippen molar-refractivity contribution in [2.24, 2.45) is 0 Å². The Morgan fingerprint density at radius 1 is 1.31 bits per heavy atom. The maximum absolute atomic E-state index is 12.6. The first-order chi connectivity index (χ1) is 12.5. The molecule has 2 aromatic rings. The Labute approximate surface area is 158 Å². The fraction of sp³-hybridized carbons (Fsp3) is 0.294. The standard InChI is InChI=1S/C17H18F2N2O3S2/c1-3-21(16(23)15-13(8-9-25-15)26-17(18)19)10-14(22)20-11-6-4-5-7-12(11)24-2/h4-9,17H,3,10H2,1-2H3,(H,20,22). The van der Waals surface area contributed by atoms with E-state index in [0.717, 1.165) is 11.3 Å². The lowest BCUT2D eigenvalue weighted by atomic mass is 10.3. The molecule has 9 heteroatoms. The third-order valence-corrected chi connectivity index (χ3v) is 5.23. The van der Waals surface area contributed by atoms with E-state index in [0.29, 0.717) is 23.2 Å². The average Bonchev–Trinajstić information content (AvgIpc) is 3.06. The number of methoxy groups -OCH3 is 1. The molecule has 1 aromatic carbocycles. The quantitative estimate of drug-likeness (QED) is 0.676. The third-order valence-electron chi connectivity index (χ3n) is 3.42. The van der Waals surface area contributed by atoms with Crippen LogP contribution < -0.4 is 10.1 Å². The molecule has 5 nitrogen and oxygen atoms in total. The molecule has 26 heavy (non-hydrogen) atoms. The lowest BCUT2D eigenvalue weighted by Gasteiger charge is -2.20. The Bertz CT molecular complexity index is 768. The number of para-hydroxylation sites is 2. The Kier molecular flexibility index (Phi) is 7.40. The molecular weight excluding hydrogens is 382 g/mol. The van der Waals surface area contributed by atoms with Gasteiger partial charge in [0, 0.05) is 11.4 Å². The van der Waals surface area contributed by atoms with Crippen molar-refractivity contribution in [3.63, 3.8) is 0 Å². The molecular formula is C17H18F2N2O3S2. The van der Waals surface area contributed by atoms with Crippen molar-refractivity contribution in [1.82, 2.24) is 4.90 Å². The predicted molar refractivity (Wildman–Crippen MR) is 99.4 cm³/mol. The van der Waals surface area contributed by atoms with Crippen molar-refractivity contribution >= 4 is 40.6 Å². The smallest absolute Gasteiger partial charge is 0.288 e. The van der Waals surface area contributed by atoms with Crippen LogP contribution in [0.5, 0.6) is 5.75 Å². The molecule has 0 unspecified atom stereocenters. The molecule has 0 radical (unpaired) electrons. The highest BCUT2D eigenvalue weighted by atomic mass is 32.2. The molecule has 0 atom stereocenters. The number of anilines is 1. The second-order valence-corrected chi connectivity index (χ2v) is 7.01. The summed E-state index contributed by atoms with van der Waals surface area (Å²) >= 11 is 1.41. The van der Waals surface area contributed by atoms with Gasteiger partial charge in [0.25, 0.3) is 11.7 Å². The van der Waals surface area contributed by atoms with Gasteiger partial charge in [-0.15, -0.1) is 11.3 Å². The predicted octanol–water partition coefficient (Wildman–Crippen LogP) is 4.17. The van der Waals surface area contributed by atoms with E-state index in [-0.39, 0.29) is 22.9 Å². The molecule has 2 rings (SSSR count). The zero-order chi connectivity index (χ0) is 19.1. The van der Waals surface area contributed by atoms with E-state index in [9.17, 15) is 18.4 Å². The van der Waals surface area contributed by atoms with Gasteiger partial charge < -0.3 is 15.0 Å². The minimum Gasteiger partial charge on any atom is -0.495 e. The molecule has 0 fully saturated rings. The number of hydrogen-bond donors (Lipinski definition) is 1. The summed E-state index contributed by atoms with van der Waals surface area (Å²) < 4.78 is 30.4. The maximum Gasteiger partial charge on any atom is 0.288 e. The van der Waals surface area contributed by atoms with Crippen LogP contribution in [0.15, 0.2) is 40.6 Å². The van der Waals surface area contributed by atoms with Crippen LogP contribution in [0.2, 0.25) is 0 Å². The first-order valence-electron chi connectivity index (χ1n) is 7.70. The number of hydrogen-bond acceptors (Lipinski definition) is 5. The molecule has 0 aliphatic heterocycles. The molecule has 0 bridgehead atoms. The van der Waals surface area contributed by atoms with Gasteiger partial charge in [-0.2, -0.15) is 8.78 Å². The van der Waals surface area contributed by atoms with Gasteiger partial charge >= 0.3 is 0 Å². The molecule has 0 saturated carbocycles. The number of thioether (sulfide) groups is 1. The van der Waals surface area contributed by atoms with Crippen LogP contribution in [-0.2, 0) is 4.79 Å². The van der Waals surface area contributed by atoms with Gasteiger partial charge in [-0.1, -0.05) is 23.9 Å². The summed E-state index contributed by atoms with van der Waals surface area (Å²) in [4.78, 5) is 26.7. The zero-order valence-corrected chi connectivity index (χ0v) is 15.8. The summed E-state index contributed by atoms with van der Waals surface area (Å²) in [6, 6.07) is 8.40. The van der Waals surface area contributed by atoms with Gasteiger partial charge in [0.05, 0.1) is 12.8 Å². The summed E-state index contributed by atoms with van der Waals surface area (Å²) in [5, 5.41) is 4.28. The summed E-state index contributed by atoms with van der Waals surface area (Å²) in [7, 11) is 1.49. The molecule has 140 valence electrons. The molecule has 0 spiro atoms. The molecule has 1 N–H and O–H groups in total. The summed E-state index contributed by atoms with van der Waals surface area (Å²) in [5.74, 6) is -2.95. The summed E-state index contributed by atoms with van der Waals surface area (Å²) in [5.41, 5.74) is 0.494. The van der Waals surface area contributed by atoms with E-state index in [1.54, 1.807) is 36.6 Å². The number of amides is 2. The highest BCUT2D eigenvalue weighted by Crippen LogP contribution is 2.32. The van der Waals surface area contributed by atoms with Crippen molar-refractivity contribution in [2.75, 3.05) is 25.5 Å². The van der Waals surface area contributed by atoms with Crippen LogP contribution >= 0.6 is 23.1 Å². The van der Waals surface area contributed by atoms with Crippen molar-refractivity contribution in [3.8, 4) is 5.75 Å². The van der Waals surface area contributed by atoms with Crippen LogP contribution in [-0.4, -0.2) is 42.7 Å². The molecule has 2 amide bonds. The van der Waals surface area contributed by atoms with E-state index in [4.69, 9.17) is 4.74 Å². The topological polar surface area (TPSA) is 58.6 Å². The number of ether oxygens (including phenoxy) is 1. The van der Waals surface area contributed by atoms with Crippen molar-refractivity contribution in [3.05, 3.63) is 40.6 Å². The Morgan fingerprint density at radius 3 is 2.69 bits per heavy atom. The van der Waals surface area contributed by atoms with Gasteiger partial charge in [-0.05, 0) is 30.5 Å². The number of nitrogens with one attached hydrogen (secondary N) is 1. The van der Waals surface area contributed by atoms with Crippen molar-refractivity contribution < 1.29 is 23.1 Å². The van der Waals surface area contributed by atoms with Crippen LogP contribution in [0.3, 0.4) is 0 Å². The van der Waals surface area contributed by atoms with Gasteiger partial charge in [0.15, 0.2) is 0 Å². The van der Waals surface area contributed by atoms with Gasteiger partial charge in [-0.25, -0.2) is 0 Å². The minimum absolute atomic E-state index is 0.190. The van der Waals surface area contributed by atoms with Gasteiger partial charge in [0.2, 0.25) is 5.91 Å². The molecule has 1 aromatic heterocycles. The Morgan fingerprint density at radius 2 is 2.04 bits per heavy atom. The second-order valence-electron chi connectivity index (χ2n) is 5.06. The zero-order valence-electron chi connectivity index (χ0n) is 14.2. The number of carbonyl (C=O) groups excluding carboxylic acids is 2. The summed E-state index contributed by atoms with van der Waals surface area (Å²) in [6.07, 6.45) is 0. The second kappa shape index (κ2) is 9.54. The largest absolute Gasteiger partial charge is 0.495 e. The molecule has 0 aliphatic rings. The number of alkyl halides is 2. The fourth-order valence-electron chi connectivity index (χ4n) is 2.22.